The zero-order valence-electron chi connectivity index (χ0n) is 18.2. The summed E-state index contributed by atoms with van der Waals surface area (Å²) in [5, 5.41) is 19.4. The first-order valence-electron chi connectivity index (χ1n) is 11.0. The van der Waals surface area contributed by atoms with Crippen LogP contribution in [0.5, 0.6) is 11.5 Å². The van der Waals surface area contributed by atoms with Gasteiger partial charge in [0.2, 0.25) is 5.76 Å². The summed E-state index contributed by atoms with van der Waals surface area (Å²) in [6.07, 6.45) is 1.78. The Morgan fingerprint density at radius 1 is 1.12 bits per heavy atom. The van der Waals surface area contributed by atoms with Crippen LogP contribution in [0.15, 0.2) is 51.7 Å². The van der Waals surface area contributed by atoms with Crippen LogP contribution >= 0.6 is 0 Å². The van der Waals surface area contributed by atoms with Gasteiger partial charge >= 0.3 is 5.97 Å². The molecule has 1 aliphatic rings. The first-order valence-corrected chi connectivity index (χ1v) is 11.0. The van der Waals surface area contributed by atoms with Crippen molar-refractivity contribution >= 4 is 22.8 Å². The van der Waals surface area contributed by atoms with Gasteiger partial charge in [0, 0.05) is 13.0 Å². The second-order valence-corrected chi connectivity index (χ2v) is 7.94. The number of hydrogen-bond donors (Lipinski definition) is 2. The molecular formula is C25H25NO7. The highest BCUT2D eigenvalue weighted by Crippen LogP contribution is 2.40. The minimum absolute atomic E-state index is 0.0141. The van der Waals surface area contributed by atoms with Crippen LogP contribution in [-0.4, -0.2) is 40.1 Å². The lowest BCUT2D eigenvalue weighted by Gasteiger charge is -2.25. The van der Waals surface area contributed by atoms with Crippen LogP contribution in [0.1, 0.15) is 60.3 Å². The van der Waals surface area contributed by atoms with Gasteiger partial charge in [-0.2, -0.15) is 0 Å². The van der Waals surface area contributed by atoms with Crippen molar-refractivity contribution in [3.8, 4) is 11.5 Å². The Morgan fingerprint density at radius 3 is 2.67 bits per heavy atom. The van der Waals surface area contributed by atoms with E-state index in [-0.39, 0.29) is 40.6 Å². The molecule has 8 heteroatoms. The molecule has 1 amide bonds. The molecule has 1 aliphatic heterocycles. The van der Waals surface area contributed by atoms with E-state index < -0.39 is 12.0 Å². The molecule has 0 saturated carbocycles. The van der Waals surface area contributed by atoms with Crippen molar-refractivity contribution in [2.24, 2.45) is 0 Å². The summed E-state index contributed by atoms with van der Waals surface area (Å²) < 4.78 is 11.4. The number of aromatic hydroxyl groups is 1. The Bertz CT molecular complexity index is 1260. The third-order valence-electron chi connectivity index (χ3n) is 5.76. The van der Waals surface area contributed by atoms with E-state index in [9.17, 15) is 19.5 Å². The van der Waals surface area contributed by atoms with Crippen molar-refractivity contribution in [3.05, 3.63) is 69.6 Å². The van der Waals surface area contributed by atoms with Crippen molar-refractivity contribution in [1.82, 2.24) is 4.90 Å². The Kier molecular flexibility index (Phi) is 6.35. The van der Waals surface area contributed by atoms with Crippen LogP contribution in [0, 0.1) is 0 Å². The van der Waals surface area contributed by atoms with Crippen LogP contribution in [-0.2, 0) is 4.79 Å². The number of carbonyl (C=O) groups excluding carboxylic acids is 1. The van der Waals surface area contributed by atoms with Gasteiger partial charge in [-0.3, -0.25) is 14.4 Å². The van der Waals surface area contributed by atoms with Gasteiger partial charge in [0.05, 0.1) is 23.6 Å². The molecule has 1 aromatic heterocycles. The maximum Gasteiger partial charge on any atom is 0.303 e. The van der Waals surface area contributed by atoms with Gasteiger partial charge < -0.3 is 24.3 Å². The van der Waals surface area contributed by atoms with Gasteiger partial charge in [0.15, 0.2) is 16.9 Å². The van der Waals surface area contributed by atoms with Crippen LogP contribution in [0.25, 0.3) is 11.0 Å². The Hall–Kier alpha value is -3.81. The van der Waals surface area contributed by atoms with E-state index in [2.05, 4.69) is 0 Å². The SMILES string of the molecule is CCOc1cc([C@@H]2c3c(oc4ccccc4c3=O)C(=O)N2CCCCCC(=O)O)ccc1O. The Morgan fingerprint density at radius 2 is 1.91 bits per heavy atom. The topological polar surface area (TPSA) is 117 Å². The summed E-state index contributed by atoms with van der Waals surface area (Å²) in [6.45, 7) is 2.47. The summed E-state index contributed by atoms with van der Waals surface area (Å²) in [7, 11) is 0. The summed E-state index contributed by atoms with van der Waals surface area (Å²) in [5.41, 5.74) is 0.954. The van der Waals surface area contributed by atoms with E-state index >= 15 is 0 Å². The first-order chi connectivity index (χ1) is 15.9. The summed E-state index contributed by atoms with van der Waals surface area (Å²) in [4.78, 5) is 39.1. The van der Waals surface area contributed by atoms with E-state index in [1.165, 1.54) is 6.07 Å². The normalized spacial score (nSPS) is 15.1. The number of rotatable bonds is 9. The number of para-hydroxylation sites is 1. The van der Waals surface area contributed by atoms with Crippen LogP contribution in [0.4, 0.5) is 0 Å². The molecule has 0 spiro atoms. The minimum Gasteiger partial charge on any atom is -0.504 e. The maximum absolute atomic E-state index is 13.4. The fourth-order valence-corrected chi connectivity index (χ4v) is 4.25. The molecule has 2 aromatic carbocycles. The van der Waals surface area contributed by atoms with E-state index in [0.717, 1.165) is 0 Å². The summed E-state index contributed by atoms with van der Waals surface area (Å²) in [6, 6.07) is 10.9. The van der Waals surface area contributed by atoms with Gasteiger partial charge in [0.25, 0.3) is 5.91 Å². The molecule has 0 unspecified atom stereocenters. The number of phenolic OH excluding ortho intramolecular Hbond substituents is 1. The summed E-state index contributed by atoms with van der Waals surface area (Å²) in [5.74, 6) is -0.993. The zero-order chi connectivity index (χ0) is 23.5. The molecule has 8 nitrogen and oxygen atoms in total. The van der Waals surface area contributed by atoms with E-state index in [1.54, 1.807) is 48.2 Å². The number of unbranched alkanes of at least 4 members (excludes halogenated alkanes) is 2. The third kappa shape index (κ3) is 4.28. The number of carbonyl (C=O) groups is 2. The molecule has 0 aliphatic carbocycles. The highest BCUT2D eigenvalue weighted by Gasteiger charge is 2.42. The average molecular weight is 451 g/mol. The fourth-order valence-electron chi connectivity index (χ4n) is 4.25. The smallest absolute Gasteiger partial charge is 0.303 e. The molecule has 2 N–H and O–H groups in total. The van der Waals surface area contributed by atoms with Crippen LogP contribution < -0.4 is 10.2 Å². The molecule has 33 heavy (non-hydrogen) atoms. The molecule has 3 aromatic rings. The van der Waals surface area contributed by atoms with Crippen LogP contribution in [0.2, 0.25) is 0 Å². The van der Waals surface area contributed by atoms with E-state index in [0.29, 0.717) is 48.9 Å². The van der Waals surface area contributed by atoms with Gasteiger partial charge in [-0.05, 0) is 49.6 Å². The minimum atomic E-state index is -0.855. The van der Waals surface area contributed by atoms with Crippen molar-refractivity contribution in [3.63, 3.8) is 0 Å². The number of fused-ring (bicyclic) bond motifs is 2. The number of nitrogens with zero attached hydrogens (tertiary/aromatic N) is 1. The largest absolute Gasteiger partial charge is 0.504 e. The molecule has 0 fully saturated rings. The number of ether oxygens (including phenoxy) is 1. The number of carboxylic acid groups (broad SMARTS) is 1. The predicted octanol–water partition coefficient (Wildman–Crippen LogP) is 4.09. The van der Waals surface area contributed by atoms with Crippen LogP contribution in [0.3, 0.4) is 0 Å². The van der Waals surface area contributed by atoms with Gasteiger partial charge in [-0.15, -0.1) is 0 Å². The molecule has 0 radical (unpaired) electrons. The highest BCUT2D eigenvalue weighted by atomic mass is 16.5. The van der Waals surface area contributed by atoms with Gasteiger partial charge in [-0.1, -0.05) is 24.6 Å². The standard InChI is InChI=1S/C25H25NO7/c1-2-32-19-14-15(11-12-17(19)27)22-21-23(30)16-8-5-6-9-18(16)33-24(21)25(31)26(22)13-7-3-4-10-20(28)29/h5-6,8-9,11-12,14,22,27H,2-4,7,10,13H2,1H3,(H,28,29)/t22-/m1/s1. The van der Waals surface area contributed by atoms with Crippen molar-refractivity contribution < 1.29 is 29.0 Å². The third-order valence-corrected chi connectivity index (χ3v) is 5.76. The Labute approximate surface area is 190 Å². The second kappa shape index (κ2) is 9.36. The number of phenols is 1. The lowest BCUT2D eigenvalue weighted by Crippen LogP contribution is -2.30. The first kappa shape index (κ1) is 22.4. The number of amides is 1. The zero-order valence-corrected chi connectivity index (χ0v) is 18.2. The average Bonchev–Trinajstić information content (AvgIpc) is 3.07. The van der Waals surface area contributed by atoms with Gasteiger partial charge in [-0.25, -0.2) is 0 Å². The molecule has 4 rings (SSSR count). The monoisotopic (exact) mass is 451 g/mol. The van der Waals surface area contributed by atoms with Crippen molar-refractivity contribution in [1.29, 1.82) is 0 Å². The lowest BCUT2D eigenvalue weighted by atomic mass is 9.98. The maximum atomic E-state index is 13.4. The molecular weight excluding hydrogens is 426 g/mol. The molecule has 172 valence electrons. The molecule has 2 heterocycles. The Balaban J connectivity index is 1.77. The second-order valence-electron chi connectivity index (χ2n) is 7.94. The number of benzene rings is 2. The van der Waals surface area contributed by atoms with E-state index in [1.807, 2.05) is 0 Å². The van der Waals surface area contributed by atoms with Gasteiger partial charge in [0.1, 0.15) is 5.58 Å². The highest BCUT2D eigenvalue weighted by molar-refractivity contribution is 5.99. The number of aliphatic carboxylic acids is 1. The fraction of sp³-hybridized carbons (Fsp3) is 0.320. The number of hydrogen-bond acceptors (Lipinski definition) is 6. The lowest BCUT2D eigenvalue weighted by molar-refractivity contribution is -0.137. The quantitative estimate of drug-likeness (QED) is 0.471. The number of carboxylic acids is 1. The molecule has 0 saturated heterocycles. The predicted molar refractivity (Wildman–Crippen MR) is 121 cm³/mol. The molecule has 0 bridgehead atoms. The van der Waals surface area contributed by atoms with Crippen molar-refractivity contribution in [2.45, 2.75) is 38.6 Å². The summed E-state index contributed by atoms with van der Waals surface area (Å²) >= 11 is 0. The van der Waals surface area contributed by atoms with Crippen molar-refractivity contribution in [2.75, 3.05) is 13.2 Å². The molecule has 1 atom stereocenters. The van der Waals surface area contributed by atoms with E-state index in [4.69, 9.17) is 14.3 Å².